The smallest absolute Gasteiger partial charge is 0.248 e. The fourth-order valence-electron chi connectivity index (χ4n) is 4.97. The van der Waals surface area contributed by atoms with E-state index in [4.69, 9.17) is 9.47 Å². The second kappa shape index (κ2) is 11.9. The van der Waals surface area contributed by atoms with Crippen molar-refractivity contribution >= 4 is 11.7 Å². The number of aromatic nitrogens is 3. The van der Waals surface area contributed by atoms with Crippen LogP contribution >= 0.6 is 0 Å². The number of amides is 1. The number of aromatic hydroxyl groups is 1. The Morgan fingerprint density at radius 2 is 1.87 bits per heavy atom. The summed E-state index contributed by atoms with van der Waals surface area (Å²) in [6, 6.07) is 9.96. The van der Waals surface area contributed by atoms with Crippen molar-refractivity contribution in [2.75, 3.05) is 5.32 Å². The Morgan fingerprint density at radius 3 is 2.55 bits per heavy atom. The van der Waals surface area contributed by atoms with Gasteiger partial charge in [0.25, 0.3) is 0 Å². The third kappa shape index (κ3) is 7.54. The molecule has 1 atom stereocenters. The molecule has 0 bridgehead atoms. The first-order chi connectivity index (χ1) is 18.1. The third-order valence-corrected chi connectivity index (χ3v) is 6.60. The van der Waals surface area contributed by atoms with E-state index in [0.29, 0.717) is 41.9 Å². The maximum Gasteiger partial charge on any atom is 0.248 e. The van der Waals surface area contributed by atoms with Crippen LogP contribution in [0.15, 0.2) is 48.8 Å². The molecule has 0 saturated heterocycles. The molecular formula is C29H40N4O5. The normalized spacial score (nSPS) is 15.4. The summed E-state index contributed by atoms with van der Waals surface area (Å²) in [4.78, 5) is 13.6. The van der Waals surface area contributed by atoms with Gasteiger partial charge in [-0.2, -0.15) is 5.10 Å². The van der Waals surface area contributed by atoms with E-state index < -0.39 is 11.6 Å². The van der Waals surface area contributed by atoms with Gasteiger partial charge < -0.3 is 29.6 Å². The Morgan fingerprint density at radius 1 is 1.16 bits per heavy atom. The van der Waals surface area contributed by atoms with Gasteiger partial charge in [-0.3, -0.25) is 9.48 Å². The molecule has 38 heavy (non-hydrogen) atoms. The molecule has 1 aliphatic rings. The molecule has 9 heteroatoms. The molecule has 0 aliphatic heterocycles. The fourth-order valence-corrected chi connectivity index (χ4v) is 4.97. The van der Waals surface area contributed by atoms with Gasteiger partial charge in [0.1, 0.15) is 11.8 Å². The Balaban J connectivity index is 1.56. The van der Waals surface area contributed by atoms with Gasteiger partial charge in [0.05, 0.1) is 24.4 Å². The molecule has 1 fully saturated rings. The molecule has 2 heterocycles. The largest absolute Gasteiger partial charge is 0.494 e. The van der Waals surface area contributed by atoms with Gasteiger partial charge in [0, 0.05) is 18.3 Å². The summed E-state index contributed by atoms with van der Waals surface area (Å²) in [5, 5.41) is 28.3. The zero-order valence-corrected chi connectivity index (χ0v) is 22.8. The summed E-state index contributed by atoms with van der Waals surface area (Å²) in [5.74, 6) is 2.03. The topological polar surface area (TPSA) is 111 Å². The molecule has 3 aromatic rings. The number of carbonyl (C=O) groups is 1. The van der Waals surface area contributed by atoms with Crippen molar-refractivity contribution < 1.29 is 24.5 Å². The van der Waals surface area contributed by atoms with Crippen LogP contribution in [0.3, 0.4) is 0 Å². The number of aliphatic hydroxyl groups is 1. The van der Waals surface area contributed by atoms with Crippen LogP contribution in [0.5, 0.6) is 23.1 Å². The van der Waals surface area contributed by atoms with Crippen LogP contribution in [0.4, 0.5) is 5.82 Å². The summed E-state index contributed by atoms with van der Waals surface area (Å²) < 4.78 is 15.1. The van der Waals surface area contributed by atoms with Crippen LogP contribution in [0.1, 0.15) is 72.3 Å². The molecule has 1 amide bonds. The zero-order chi connectivity index (χ0) is 27.3. The van der Waals surface area contributed by atoms with Crippen molar-refractivity contribution in [3.63, 3.8) is 0 Å². The molecule has 1 aliphatic carbocycles. The maximum atomic E-state index is 13.6. The highest BCUT2D eigenvalue weighted by Gasteiger charge is 2.29. The molecule has 1 aromatic carbocycles. The van der Waals surface area contributed by atoms with E-state index >= 15 is 0 Å². The number of benzene rings is 1. The molecule has 0 spiro atoms. The Bertz CT molecular complexity index is 1200. The van der Waals surface area contributed by atoms with E-state index in [2.05, 4.69) is 10.4 Å². The second-order valence-corrected chi connectivity index (χ2v) is 11.1. The van der Waals surface area contributed by atoms with Gasteiger partial charge in [-0.1, -0.05) is 44.2 Å². The van der Waals surface area contributed by atoms with E-state index in [-0.39, 0.29) is 17.9 Å². The standard InChI is InChI=1S/C29H40N4O5/c1-20(2)37-24-12-8-9-13-25(24)38-22-17-27(34)33(18-22)23(16-21-10-6-5-7-11-21)28(35)30-26-14-15-32(31-26)19-29(3,4)36/h8-9,12-15,17-18,20-21,23,34,36H,5-7,10-11,16,19H2,1-4H3,(H,30,31,35)/t23-/m0/s1. The number of rotatable bonds is 11. The van der Waals surface area contributed by atoms with Gasteiger partial charge in [-0.05, 0) is 52.2 Å². The predicted molar refractivity (Wildman–Crippen MR) is 146 cm³/mol. The van der Waals surface area contributed by atoms with Crippen molar-refractivity contribution in [2.24, 2.45) is 5.92 Å². The van der Waals surface area contributed by atoms with Crippen LogP contribution in [-0.2, 0) is 11.3 Å². The molecule has 2 aromatic heterocycles. The Hall–Kier alpha value is -3.46. The number of hydrogen-bond donors (Lipinski definition) is 3. The van der Waals surface area contributed by atoms with Crippen LogP contribution in [0.25, 0.3) is 0 Å². The quantitative estimate of drug-likeness (QED) is 0.288. The third-order valence-electron chi connectivity index (χ3n) is 6.60. The Labute approximate surface area is 224 Å². The van der Waals surface area contributed by atoms with E-state index in [0.717, 1.165) is 25.7 Å². The average molecular weight is 525 g/mol. The van der Waals surface area contributed by atoms with Crippen molar-refractivity contribution in [2.45, 2.75) is 90.5 Å². The highest BCUT2D eigenvalue weighted by Crippen LogP contribution is 2.38. The lowest BCUT2D eigenvalue weighted by Gasteiger charge is -2.27. The number of carbonyl (C=O) groups excluding carboxylic acids is 1. The number of nitrogens with one attached hydrogen (secondary N) is 1. The average Bonchev–Trinajstić information content (AvgIpc) is 3.43. The van der Waals surface area contributed by atoms with Gasteiger partial charge >= 0.3 is 0 Å². The monoisotopic (exact) mass is 524 g/mol. The van der Waals surface area contributed by atoms with Gasteiger partial charge in [-0.15, -0.1) is 0 Å². The highest BCUT2D eigenvalue weighted by atomic mass is 16.5. The molecule has 206 valence electrons. The molecule has 4 rings (SSSR count). The summed E-state index contributed by atoms with van der Waals surface area (Å²) in [7, 11) is 0. The predicted octanol–water partition coefficient (Wildman–Crippen LogP) is 5.89. The van der Waals surface area contributed by atoms with Crippen LogP contribution in [-0.4, -0.2) is 42.2 Å². The number of hydrogen-bond acceptors (Lipinski definition) is 6. The molecule has 9 nitrogen and oxygen atoms in total. The van der Waals surface area contributed by atoms with Gasteiger partial charge in [0.2, 0.25) is 5.91 Å². The first kappa shape index (κ1) is 27.6. The number of anilines is 1. The number of ether oxygens (including phenoxy) is 2. The summed E-state index contributed by atoms with van der Waals surface area (Å²) in [6.45, 7) is 7.60. The minimum atomic E-state index is -0.928. The van der Waals surface area contributed by atoms with E-state index in [9.17, 15) is 15.0 Å². The molecule has 0 unspecified atom stereocenters. The lowest BCUT2D eigenvalue weighted by Crippen LogP contribution is -2.29. The SMILES string of the molecule is CC(C)Oc1ccccc1Oc1cc(O)n([C@@H](CC2CCCCC2)C(=O)Nc2ccn(CC(C)(C)O)n2)c1. The van der Waals surface area contributed by atoms with Crippen molar-refractivity contribution in [3.8, 4) is 23.1 Å². The Kier molecular flexibility index (Phi) is 8.66. The van der Waals surface area contributed by atoms with E-state index in [1.807, 2.05) is 38.1 Å². The molecule has 0 radical (unpaired) electrons. The minimum absolute atomic E-state index is 0.0201. The van der Waals surface area contributed by atoms with Gasteiger partial charge in [0.15, 0.2) is 23.2 Å². The first-order valence-corrected chi connectivity index (χ1v) is 13.5. The van der Waals surface area contributed by atoms with Crippen molar-refractivity contribution in [1.29, 1.82) is 0 Å². The summed E-state index contributed by atoms with van der Waals surface area (Å²) in [5.41, 5.74) is -0.928. The summed E-state index contributed by atoms with van der Waals surface area (Å²) in [6.07, 6.45) is 9.62. The first-order valence-electron chi connectivity index (χ1n) is 13.5. The van der Waals surface area contributed by atoms with Crippen molar-refractivity contribution in [3.05, 3.63) is 48.8 Å². The molecular weight excluding hydrogens is 484 g/mol. The van der Waals surface area contributed by atoms with Gasteiger partial charge in [-0.25, -0.2) is 0 Å². The zero-order valence-electron chi connectivity index (χ0n) is 22.8. The number of nitrogens with zero attached hydrogens (tertiary/aromatic N) is 3. The minimum Gasteiger partial charge on any atom is -0.494 e. The van der Waals surface area contributed by atoms with Crippen LogP contribution < -0.4 is 14.8 Å². The van der Waals surface area contributed by atoms with E-state index in [1.54, 1.807) is 41.6 Å². The van der Waals surface area contributed by atoms with Crippen LogP contribution in [0.2, 0.25) is 0 Å². The molecule has 3 N–H and O–H groups in total. The maximum absolute atomic E-state index is 13.6. The molecule has 1 saturated carbocycles. The van der Waals surface area contributed by atoms with Crippen molar-refractivity contribution in [1.82, 2.24) is 14.3 Å². The fraction of sp³-hybridized carbons (Fsp3) is 0.517. The lowest BCUT2D eigenvalue weighted by molar-refractivity contribution is -0.120. The highest BCUT2D eigenvalue weighted by molar-refractivity contribution is 5.93. The van der Waals surface area contributed by atoms with E-state index in [1.165, 1.54) is 12.5 Å². The van der Waals surface area contributed by atoms with Crippen LogP contribution in [0, 0.1) is 5.92 Å². The number of para-hydroxylation sites is 2. The summed E-state index contributed by atoms with van der Waals surface area (Å²) >= 11 is 0. The second-order valence-electron chi connectivity index (χ2n) is 11.1. The lowest BCUT2D eigenvalue weighted by atomic mass is 9.84.